The second kappa shape index (κ2) is 4.06. The highest BCUT2D eigenvalue weighted by molar-refractivity contribution is 7.06. The molecule has 0 amide bonds. The number of nitrogens with zero attached hydrogens (tertiary/aromatic N) is 1. The first kappa shape index (κ1) is 12.4. The Morgan fingerprint density at radius 1 is 1.53 bits per heavy atom. The third-order valence-electron chi connectivity index (χ3n) is 2.39. The standard InChI is InChI=1S/C10H17N2OSSi/c1-6(13)9(15(3,4)5)8-7(2)14-12-10(8)11/h9H,2H2,1,3-5H3,(H2,11,12). The quantitative estimate of drug-likeness (QED) is 0.827. The fourth-order valence-corrected chi connectivity index (χ4v) is 5.04. The molecule has 15 heavy (non-hydrogen) atoms. The monoisotopic (exact) mass is 241 g/mol. The molecule has 1 unspecified atom stereocenters. The van der Waals surface area contributed by atoms with Crippen molar-refractivity contribution in [1.82, 2.24) is 4.37 Å². The number of rotatable bonds is 3. The molecular formula is C10H17N2OSSi. The molecule has 5 heteroatoms. The predicted octanol–water partition coefficient (Wildman–Crippen LogP) is 2.46. The van der Waals surface area contributed by atoms with Gasteiger partial charge in [-0.1, -0.05) is 19.6 Å². The summed E-state index contributed by atoms with van der Waals surface area (Å²) >= 11 is 1.28. The van der Waals surface area contributed by atoms with Crippen molar-refractivity contribution in [2.24, 2.45) is 0 Å². The van der Waals surface area contributed by atoms with Crippen LogP contribution in [0, 0.1) is 6.92 Å². The van der Waals surface area contributed by atoms with Crippen LogP contribution in [0.4, 0.5) is 5.82 Å². The van der Waals surface area contributed by atoms with Crippen molar-refractivity contribution < 1.29 is 4.79 Å². The van der Waals surface area contributed by atoms with Crippen LogP contribution in [0.3, 0.4) is 0 Å². The molecule has 1 aromatic rings. The van der Waals surface area contributed by atoms with Gasteiger partial charge in [0.25, 0.3) is 0 Å². The van der Waals surface area contributed by atoms with Crippen LogP contribution < -0.4 is 5.73 Å². The van der Waals surface area contributed by atoms with E-state index in [9.17, 15) is 4.79 Å². The Labute approximate surface area is 95.9 Å². The van der Waals surface area contributed by atoms with Crippen LogP contribution in [0.5, 0.6) is 0 Å². The number of aromatic nitrogens is 1. The predicted molar refractivity (Wildman–Crippen MR) is 67.8 cm³/mol. The second-order valence-electron chi connectivity index (χ2n) is 4.81. The third-order valence-corrected chi connectivity index (χ3v) is 5.55. The fraction of sp³-hybridized carbons (Fsp3) is 0.500. The highest BCUT2D eigenvalue weighted by atomic mass is 32.1. The molecule has 0 fully saturated rings. The molecule has 83 valence electrons. The molecule has 0 aliphatic rings. The summed E-state index contributed by atoms with van der Waals surface area (Å²) in [4.78, 5) is 12.6. The largest absolute Gasteiger partial charge is 0.383 e. The maximum absolute atomic E-state index is 11.7. The molecule has 0 spiro atoms. The summed E-state index contributed by atoms with van der Waals surface area (Å²) in [6, 6.07) is 0. The highest BCUT2D eigenvalue weighted by Crippen LogP contribution is 2.35. The van der Waals surface area contributed by atoms with E-state index < -0.39 is 8.07 Å². The topological polar surface area (TPSA) is 56.0 Å². The Kier molecular flexibility index (Phi) is 3.35. The van der Waals surface area contributed by atoms with E-state index in [1.54, 1.807) is 6.92 Å². The van der Waals surface area contributed by atoms with Gasteiger partial charge in [0.1, 0.15) is 11.6 Å². The minimum absolute atomic E-state index is 0.0799. The van der Waals surface area contributed by atoms with E-state index in [1.165, 1.54) is 11.5 Å². The van der Waals surface area contributed by atoms with Gasteiger partial charge in [-0.15, -0.1) is 0 Å². The molecule has 1 heterocycles. The van der Waals surface area contributed by atoms with Crippen molar-refractivity contribution in [2.75, 3.05) is 5.73 Å². The van der Waals surface area contributed by atoms with Crippen LogP contribution in [0.25, 0.3) is 0 Å². The summed E-state index contributed by atoms with van der Waals surface area (Å²) in [7, 11) is -1.62. The van der Waals surface area contributed by atoms with Crippen LogP contribution in [-0.2, 0) is 4.79 Å². The molecule has 0 aromatic carbocycles. The fourth-order valence-electron chi connectivity index (χ4n) is 1.90. The Bertz CT molecular complexity index is 362. The van der Waals surface area contributed by atoms with Crippen molar-refractivity contribution in [3.05, 3.63) is 17.4 Å². The maximum atomic E-state index is 11.7. The van der Waals surface area contributed by atoms with Gasteiger partial charge in [-0.2, -0.15) is 4.37 Å². The summed E-state index contributed by atoms with van der Waals surface area (Å²) in [5.74, 6) is 0.651. The lowest BCUT2D eigenvalue weighted by Crippen LogP contribution is -2.36. The molecule has 0 saturated heterocycles. The van der Waals surface area contributed by atoms with Crippen LogP contribution in [0.2, 0.25) is 19.6 Å². The highest BCUT2D eigenvalue weighted by Gasteiger charge is 2.35. The number of carbonyl (C=O) groups excluding carboxylic acids is 1. The van der Waals surface area contributed by atoms with Crippen LogP contribution in [0.1, 0.15) is 22.9 Å². The van der Waals surface area contributed by atoms with Crippen molar-refractivity contribution >= 4 is 31.2 Å². The maximum Gasteiger partial charge on any atom is 0.140 e. The van der Waals surface area contributed by atoms with Gasteiger partial charge in [0.2, 0.25) is 0 Å². The first-order valence-corrected chi connectivity index (χ1v) is 9.17. The van der Waals surface area contributed by atoms with Gasteiger partial charge in [-0.05, 0) is 25.4 Å². The zero-order chi connectivity index (χ0) is 11.8. The Balaban J connectivity index is 3.28. The normalized spacial score (nSPS) is 13.9. The van der Waals surface area contributed by atoms with Gasteiger partial charge < -0.3 is 5.73 Å². The number of Topliss-reactive ketones (excluding diaryl/α,β-unsaturated/α-hetero) is 1. The first-order valence-electron chi connectivity index (χ1n) is 4.82. The van der Waals surface area contributed by atoms with Crippen molar-refractivity contribution in [2.45, 2.75) is 32.1 Å². The molecular weight excluding hydrogens is 224 g/mol. The molecule has 0 aliphatic carbocycles. The molecule has 1 rings (SSSR count). The van der Waals surface area contributed by atoms with Crippen LogP contribution in [-0.4, -0.2) is 18.2 Å². The smallest absolute Gasteiger partial charge is 0.140 e. The van der Waals surface area contributed by atoms with Gasteiger partial charge >= 0.3 is 0 Å². The van der Waals surface area contributed by atoms with Gasteiger partial charge in [0, 0.05) is 16.0 Å². The zero-order valence-corrected chi connectivity index (χ0v) is 11.4. The van der Waals surface area contributed by atoms with Gasteiger partial charge in [0.05, 0.1) is 8.07 Å². The van der Waals surface area contributed by atoms with E-state index >= 15 is 0 Å². The number of nitrogen functional groups attached to an aromatic ring is 1. The lowest BCUT2D eigenvalue weighted by Gasteiger charge is -2.26. The third kappa shape index (κ3) is 2.46. The average Bonchev–Trinajstić information content (AvgIpc) is 2.32. The average molecular weight is 241 g/mol. The van der Waals surface area contributed by atoms with E-state index in [0.29, 0.717) is 5.82 Å². The summed E-state index contributed by atoms with van der Waals surface area (Å²) in [5.41, 5.74) is 6.59. The van der Waals surface area contributed by atoms with Crippen molar-refractivity contribution in [3.63, 3.8) is 0 Å². The summed E-state index contributed by atoms with van der Waals surface area (Å²) in [6.45, 7) is 12.0. The Hall–Kier alpha value is -0.683. The number of hydrogen-bond acceptors (Lipinski definition) is 4. The number of ketones is 1. The molecule has 1 radical (unpaired) electrons. The first-order chi connectivity index (χ1) is 6.75. The molecule has 1 atom stereocenters. The van der Waals surface area contributed by atoms with Crippen molar-refractivity contribution in [3.8, 4) is 0 Å². The molecule has 3 nitrogen and oxygen atoms in total. The molecule has 1 aromatic heterocycles. The van der Waals surface area contributed by atoms with E-state index in [1.807, 2.05) is 0 Å². The van der Waals surface area contributed by atoms with Gasteiger partial charge in [-0.25, -0.2) is 0 Å². The Morgan fingerprint density at radius 2 is 2.07 bits per heavy atom. The van der Waals surface area contributed by atoms with E-state index in [-0.39, 0.29) is 11.3 Å². The SMILES string of the molecule is [CH2]c1snc(N)c1C(C(C)=O)[Si](C)(C)C. The van der Waals surface area contributed by atoms with Gasteiger partial charge in [-0.3, -0.25) is 4.79 Å². The second-order valence-corrected chi connectivity index (χ2v) is 11.0. The van der Waals surface area contributed by atoms with E-state index in [2.05, 4.69) is 30.9 Å². The zero-order valence-electron chi connectivity index (χ0n) is 9.63. The lowest BCUT2D eigenvalue weighted by molar-refractivity contribution is -0.116. The summed E-state index contributed by atoms with van der Waals surface area (Å²) in [5, 5.41) is 0. The van der Waals surface area contributed by atoms with Crippen LogP contribution >= 0.6 is 11.5 Å². The number of nitrogens with two attached hydrogens (primary N) is 1. The van der Waals surface area contributed by atoms with Crippen molar-refractivity contribution in [1.29, 1.82) is 0 Å². The Morgan fingerprint density at radius 3 is 2.33 bits per heavy atom. The number of anilines is 1. The van der Waals surface area contributed by atoms with Crippen LogP contribution in [0.15, 0.2) is 0 Å². The van der Waals surface area contributed by atoms with E-state index in [4.69, 9.17) is 5.73 Å². The number of carbonyl (C=O) groups is 1. The number of hydrogen-bond donors (Lipinski definition) is 1. The lowest BCUT2D eigenvalue weighted by atomic mass is 10.1. The van der Waals surface area contributed by atoms with E-state index in [0.717, 1.165) is 10.4 Å². The molecule has 0 bridgehead atoms. The minimum Gasteiger partial charge on any atom is -0.383 e. The van der Waals surface area contributed by atoms with Gasteiger partial charge in [0.15, 0.2) is 0 Å². The minimum atomic E-state index is -1.62. The summed E-state index contributed by atoms with van der Waals surface area (Å²) in [6.07, 6.45) is 0. The molecule has 0 saturated carbocycles. The summed E-state index contributed by atoms with van der Waals surface area (Å²) < 4.78 is 4.06. The molecule has 0 aliphatic heterocycles. The molecule has 2 N–H and O–H groups in total.